The Morgan fingerprint density at radius 2 is 0.487 bits per heavy atom. The van der Waals surface area contributed by atoms with E-state index in [-0.39, 0.29) is 38.0 Å². The van der Waals surface area contributed by atoms with E-state index < -0.39 is 12.1 Å². The lowest BCUT2D eigenvalue weighted by molar-refractivity contribution is -0.167. The van der Waals surface area contributed by atoms with Crippen molar-refractivity contribution in [3.63, 3.8) is 0 Å². The first-order chi connectivity index (χ1) is 39.5. The normalized spacial score (nSPS) is 13.5. The molecule has 0 amide bonds. The highest BCUT2D eigenvalue weighted by atomic mass is 16.6. The van der Waals surface area contributed by atoms with Crippen LogP contribution in [0.25, 0.3) is 0 Å². The molecule has 0 rings (SSSR count). The van der Waals surface area contributed by atoms with Gasteiger partial charge in [-0.25, -0.2) is 0 Å². The van der Waals surface area contributed by atoms with E-state index in [1.807, 2.05) is 0 Å². The maximum atomic E-state index is 12.9. The van der Waals surface area contributed by atoms with Crippen LogP contribution in [0.1, 0.15) is 233 Å². The van der Waals surface area contributed by atoms with E-state index in [1.54, 1.807) is 0 Å². The van der Waals surface area contributed by atoms with Crippen LogP contribution in [0, 0.1) is 0 Å². The number of hydrogen-bond acceptors (Lipinski definition) is 6. The number of ether oxygens (including phenoxy) is 3. The minimum absolute atomic E-state index is 0.128. The molecule has 0 saturated heterocycles. The molecule has 0 saturated carbocycles. The van der Waals surface area contributed by atoms with Crippen LogP contribution in [-0.2, 0) is 28.6 Å². The standard InChI is InChI=1S/C74H112O6/c1-4-7-10-13-16-19-22-24-26-28-30-32-34-35-36-37-38-39-41-42-44-46-48-50-52-55-58-61-64-67-73(76)79-70-71(69-78-72(75)66-63-60-57-54-21-18-15-12-9-6-3)80-74(77)68-65-62-59-56-53-51-49-47-45-43-40-33-31-29-27-25-23-20-17-14-11-8-5-2/h7-8,10-11,16-17,19-20,24-27,30-33,35-36,38-39,42-45,48-51,55-56,58-59,71H,4-6,9,12-15,18,21-23,28-29,34,37,40-41,46-47,52-54,57,60-70H2,1-3H3/b10-7-,11-8-,19-16-,20-17-,26-24-,27-25-,32-30-,33-31-,36-35-,39-38-,44-42-,45-43-,50-48-,51-49-,58-55-,59-56-. The molecule has 0 aliphatic rings. The molecule has 1 atom stereocenters. The number of unbranched alkanes of at least 4 members (excludes halogenated alkanes) is 11. The predicted octanol–water partition coefficient (Wildman–Crippen LogP) is 21.8. The average molecular weight is 1100 g/mol. The van der Waals surface area contributed by atoms with Crippen LogP contribution in [0.15, 0.2) is 194 Å². The van der Waals surface area contributed by atoms with Gasteiger partial charge in [0.1, 0.15) is 13.2 Å². The maximum Gasteiger partial charge on any atom is 0.306 e. The van der Waals surface area contributed by atoms with Crippen molar-refractivity contribution < 1.29 is 28.6 Å². The first kappa shape index (κ1) is 74.2. The highest BCUT2D eigenvalue weighted by molar-refractivity contribution is 5.71. The van der Waals surface area contributed by atoms with Crippen molar-refractivity contribution in [2.45, 2.75) is 239 Å². The zero-order valence-electron chi connectivity index (χ0n) is 50.8. The van der Waals surface area contributed by atoms with E-state index >= 15 is 0 Å². The second-order valence-corrected chi connectivity index (χ2v) is 19.9. The quantitative estimate of drug-likeness (QED) is 0.0261. The molecule has 0 spiro atoms. The van der Waals surface area contributed by atoms with E-state index in [2.05, 4.69) is 215 Å². The van der Waals surface area contributed by atoms with E-state index in [0.29, 0.717) is 19.3 Å². The monoisotopic (exact) mass is 1100 g/mol. The number of carbonyl (C=O) groups excluding carboxylic acids is 3. The highest BCUT2D eigenvalue weighted by Gasteiger charge is 2.19. The SMILES string of the molecule is CC/C=C\C/C=C\C/C=C\C/C=C\C/C=C\C/C=C\C/C=C\C/C=C\C/C=C\CCCC(=O)OCC(COC(=O)CCCCCCCCCCCC)OC(=O)CCC/C=C\C/C=C\C/C=C\C/C=C\C/C=C\C/C=C\C/C=C\CC. The van der Waals surface area contributed by atoms with Crippen molar-refractivity contribution in [2.24, 2.45) is 0 Å². The van der Waals surface area contributed by atoms with Gasteiger partial charge in [-0.2, -0.15) is 0 Å². The van der Waals surface area contributed by atoms with Crippen molar-refractivity contribution in [2.75, 3.05) is 13.2 Å². The fraction of sp³-hybridized carbons (Fsp3) is 0.527. The topological polar surface area (TPSA) is 78.9 Å². The summed E-state index contributed by atoms with van der Waals surface area (Å²) in [5, 5.41) is 0. The second-order valence-electron chi connectivity index (χ2n) is 19.9. The Morgan fingerprint density at radius 3 is 0.762 bits per heavy atom. The summed E-state index contributed by atoms with van der Waals surface area (Å²) in [6.45, 7) is 6.28. The molecule has 0 fully saturated rings. The third-order valence-electron chi connectivity index (χ3n) is 12.3. The summed E-state index contributed by atoms with van der Waals surface area (Å²) in [6, 6.07) is 0. The molecule has 6 heteroatoms. The number of esters is 3. The van der Waals surface area contributed by atoms with Crippen LogP contribution >= 0.6 is 0 Å². The van der Waals surface area contributed by atoms with Gasteiger partial charge in [0.05, 0.1) is 0 Å². The molecule has 0 aromatic rings. The molecule has 80 heavy (non-hydrogen) atoms. The Hall–Kier alpha value is -5.75. The van der Waals surface area contributed by atoms with Gasteiger partial charge in [-0.15, -0.1) is 0 Å². The molecule has 0 bridgehead atoms. The largest absolute Gasteiger partial charge is 0.462 e. The number of rotatable bonds is 54. The molecule has 0 aromatic carbocycles. The summed E-state index contributed by atoms with van der Waals surface area (Å²) >= 11 is 0. The molecular weight excluding hydrogens is 985 g/mol. The molecule has 0 aromatic heterocycles. The lowest BCUT2D eigenvalue weighted by Crippen LogP contribution is -2.30. The zero-order valence-corrected chi connectivity index (χ0v) is 50.8. The molecule has 444 valence electrons. The third kappa shape index (κ3) is 63.1. The Bertz CT molecular complexity index is 1930. The van der Waals surface area contributed by atoms with Gasteiger partial charge < -0.3 is 14.2 Å². The Labute approximate surface area is 490 Å². The minimum Gasteiger partial charge on any atom is -0.462 e. The van der Waals surface area contributed by atoms with Crippen LogP contribution in [0.5, 0.6) is 0 Å². The summed E-state index contributed by atoms with van der Waals surface area (Å²) in [5.41, 5.74) is 0. The van der Waals surface area contributed by atoms with Crippen LogP contribution in [0.3, 0.4) is 0 Å². The summed E-state index contributed by atoms with van der Waals surface area (Å²) in [4.78, 5) is 38.2. The Balaban J connectivity index is 4.51. The smallest absolute Gasteiger partial charge is 0.306 e. The lowest BCUT2D eigenvalue weighted by atomic mass is 10.1. The van der Waals surface area contributed by atoms with Gasteiger partial charge >= 0.3 is 17.9 Å². The van der Waals surface area contributed by atoms with E-state index in [4.69, 9.17) is 14.2 Å². The van der Waals surface area contributed by atoms with Crippen LogP contribution in [-0.4, -0.2) is 37.2 Å². The van der Waals surface area contributed by atoms with Gasteiger partial charge in [-0.3, -0.25) is 14.4 Å². The van der Waals surface area contributed by atoms with E-state index in [1.165, 1.54) is 44.9 Å². The Morgan fingerprint density at radius 1 is 0.263 bits per heavy atom. The lowest BCUT2D eigenvalue weighted by Gasteiger charge is -2.18. The van der Waals surface area contributed by atoms with Crippen LogP contribution < -0.4 is 0 Å². The third-order valence-corrected chi connectivity index (χ3v) is 12.3. The van der Waals surface area contributed by atoms with Gasteiger partial charge in [0.2, 0.25) is 0 Å². The molecule has 0 aliphatic heterocycles. The first-order valence-corrected chi connectivity index (χ1v) is 31.4. The Kier molecular flexibility index (Phi) is 61.0. The molecule has 0 aliphatic carbocycles. The van der Waals surface area contributed by atoms with Gasteiger partial charge in [-0.05, 0) is 135 Å². The number of carbonyl (C=O) groups is 3. The molecule has 0 N–H and O–H groups in total. The van der Waals surface area contributed by atoms with Gasteiger partial charge in [0.15, 0.2) is 6.10 Å². The summed E-state index contributed by atoms with van der Waals surface area (Å²) in [7, 11) is 0. The second kappa shape index (κ2) is 65.8. The number of hydrogen-bond donors (Lipinski definition) is 0. The van der Waals surface area contributed by atoms with E-state index in [0.717, 1.165) is 135 Å². The molecule has 0 radical (unpaired) electrons. The molecule has 0 heterocycles. The van der Waals surface area contributed by atoms with Gasteiger partial charge in [0, 0.05) is 19.3 Å². The molecule has 6 nitrogen and oxygen atoms in total. The minimum atomic E-state index is -0.843. The van der Waals surface area contributed by atoms with Crippen molar-refractivity contribution in [3.05, 3.63) is 194 Å². The summed E-state index contributed by atoms with van der Waals surface area (Å²) in [6.07, 6.45) is 100. The van der Waals surface area contributed by atoms with Crippen molar-refractivity contribution in [3.8, 4) is 0 Å². The highest BCUT2D eigenvalue weighted by Crippen LogP contribution is 2.13. The summed E-state index contributed by atoms with van der Waals surface area (Å²) < 4.78 is 16.8. The number of allylic oxidation sites excluding steroid dienone is 32. The van der Waals surface area contributed by atoms with Crippen molar-refractivity contribution in [1.29, 1.82) is 0 Å². The fourth-order valence-electron chi connectivity index (χ4n) is 7.73. The molecule has 1 unspecified atom stereocenters. The van der Waals surface area contributed by atoms with E-state index in [9.17, 15) is 14.4 Å². The fourth-order valence-corrected chi connectivity index (χ4v) is 7.73. The van der Waals surface area contributed by atoms with Crippen LogP contribution in [0.4, 0.5) is 0 Å². The van der Waals surface area contributed by atoms with Gasteiger partial charge in [-0.1, -0.05) is 273 Å². The van der Waals surface area contributed by atoms with Gasteiger partial charge in [0.25, 0.3) is 0 Å². The van der Waals surface area contributed by atoms with Crippen molar-refractivity contribution >= 4 is 17.9 Å². The predicted molar refractivity (Wildman–Crippen MR) is 347 cm³/mol. The summed E-state index contributed by atoms with van der Waals surface area (Å²) in [5.74, 6) is -1.06. The first-order valence-electron chi connectivity index (χ1n) is 31.4. The molecular formula is C74H112O6. The van der Waals surface area contributed by atoms with Crippen LogP contribution in [0.2, 0.25) is 0 Å². The average Bonchev–Trinajstić information content (AvgIpc) is 3.46. The maximum absolute atomic E-state index is 12.9. The zero-order chi connectivity index (χ0) is 57.8. The van der Waals surface area contributed by atoms with Crippen molar-refractivity contribution in [1.82, 2.24) is 0 Å².